The highest BCUT2D eigenvalue weighted by molar-refractivity contribution is 6.32. The molecular weight excluding hydrogens is 375 g/mol. The zero-order valence-electron chi connectivity index (χ0n) is 15.4. The van der Waals surface area contributed by atoms with E-state index in [1.165, 1.54) is 0 Å². The van der Waals surface area contributed by atoms with E-state index in [-0.39, 0.29) is 24.4 Å². The molecule has 7 heteroatoms. The summed E-state index contributed by atoms with van der Waals surface area (Å²) in [5.41, 5.74) is 0.580. The summed E-state index contributed by atoms with van der Waals surface area (Å²) in [5, 5.41) is 3.86. The summed E-state index contributed by atoms with van der Waals surface area (Å²) in [6.45, 7) is 6.85. The Bertz CT molecular complexity index is 613. The molecule has 2 bridgehead atoms. The van der Waals surface area contributed by atoms with E-state index in [2.05, 4.69) is 5.32 Å². The summed E-state index contributed by atoms with van der Waals surface area (Å²) < 4.78 is 11.4. The van der Waals surface area contributed by atoms with Crippen molar-refractivity contribution >= 4 is 29.9 Å². The van der Waals surface area contributed by atoms with Crippen molar-refractivity contribution in [2.45, 2.75) is 51.6 Å². The molecule has 1 N–H and O–H groups in total. The zero-order chi connectivity index (χ0) is 17.8. The van der Waals surface area contributed by atoms with E-state index < -0.39 is 0 Å². The van der Waals surface area contributed by atoms with E-state index in [1.807, 2.05) is 18.7 Å². The molecule has 2 atom stereocenters. The van der Waals surface area contributed by atoms with Crippen LogP contribution in [0.2, 0.25) is 5.02 Å². The summed E-state index contributed by atoms with van der Waals surface area (Å²) in [7, 11) is 0. The second kappa shape index (κ2) is 9.67. The minimum absolute atomic E-state index is 0. The van der Waals surface area contributed by atoms with Crippen molar-refractivity contribution in [2.75, 3.05) is 26.3 Å². The Morgan fingerprint density at radius 2 is 2.00 bits per heavy atom. The fourth-order valence-electron chi connectivity index (χ4n) is 3.76. The lowest BCUT2D eigenvalue weighted by atomic mass is 10.1. The van der Waals surface area contributed by atoms with Crippen LogP contribution in [-0.2, 0) is 0 Å². The summed E-state index contributed by atoms with van der Waals surface area (Å²) in [5.74, 6) is 1.12. The molecule has 5 nitrogen and oxygen atoms in total. The number of nitrogens with one attached hydrogen (secondary N) is 1. The molecule has 0 radical (unpaired) electrons. The first kappa shape index (κ1) is 21.1. The highest BCUT2D eigenvalue weighted by Gasteiger charge is 2.38. The number of carbonyl (C=O) groups is 1. The molecule has 2 aliphatic rings. The number of carbonyl (C=O) groups excluding carboxylic acids is 1. The minimum Gasteiger partial charge on any atom is -0.490 e. The first-order valence-electron chi connectivity index (χ1n) is 9.28. The number of hydrogen-bond donors (Lipinski definition) is 1. The van der Waals surface area contributed by atoms with E-state index in [4.69, 9.17) is 21.1 Å². The van der Waals surface area contributed by atoms with Crippen molar-refractivity contribution in [1.29, 1.82) is 0 Å². The molecule has 146 valence electrons. The van der Waals surface area contributed by atoms with Crippen molar-refractivity contribution in [1.82, 2.24) is 10.2 Å². The van der Waals surface area contributed by atoms with Gasteiger partial charge in [-0.25, -0.2) is 0 Å². The van der Waals surface area contributed by atoms with E-state index in [0.717, 1.165) is 38.8 Å². The fraction of sp³-hybridized carbons (Fsp3) is 0.632. The maximum atomic E-state index is 13.2. The number of halogens is 2. The van der Waals surface area contributed by atoms with Gasteiger partial charge in [-0.3, -0.25) is 4.79 Å². The van der Waals surface area contributed by atoms with Crippen LogP contribution in [-0.4, -0.2) is 49.2 Å². The molecule has 2 aliphatic heterocycles. The van der Waals surface area contributed by atoms with Gasteiger partial charge in [-0.1, -0.05) is 18.5 Å². The number of amides is 1. The van der Waals surface area contributed by atoms with Crippen LogP contribution in [0.1, 0.15) is 49.9 Å². The molecule has 1 aromatic carbocycles. The lowest BCUT2D eigenvalue weighted by Gasteiger charge is -2.28. The van der Waals surface area contributed by atoms with Crippen molar-refractivity contribution < 1.29 is 14.3 Å². The molecule has 0 saturated carbocycles. The highest BCUT2D eigenvalue weighted by atomic mass is 35.5. The summed E-state index contributed by atoms with van der Waals surface area (Å²) in [6, 6.07) is 4.08. The van der Waals surface area contributed by atoms with Crippen molar-refractivity contribution in [2.24, 2.45) is 0 Å². The van der Waals surface area contributed by atoms with Crippen molar-refractivity contribution in [3.8, 4) is 11.5 Å². The van der Waals surface area contributed by atoms with Gasteiger partial charge in [0.2, 0.25) is 0 Å². The van der Waals surface area contributed by atoms with Gasteiger partial charge < -0.3 is 19.7 Å². The number of ether oxygens (including phenoxy) is 2. The largest absolute Gasteiger partial charge is 0.490 e. The normalized spacial score (nSPS) is 21.7. The van der Waals surface area contributed by atoms with E-state index in [1.54, 1.807) is 12.1 Å². The number of nitrogens with zero attached hydrogens (tertiary/aromatic N) is 1. The summed E-state index contributed by atoms with van der Waals surface area (Å²) in [4.78, 5) is 15.2. The first-order valence-corrected chi connectivity index (χ1v) is 9.66. The SMILES string of the molecule is CCCOc1c(Cl)cc(C(=O)N2C3CCNCC2CC3)cc1OCC.Cl. The molecule has 1 aromatic rings. The van der Waals surface area contributed by atoms with Crippen LogP contribution in [0, 0.1) is 0 Å². The molecule has 0 aliphatic carbocycles. The van der Waals surface area contributed by atoms with Crippen LogP contribution in [0.5, 0.6) is 11.5 Å². The minimum atomic E-state index is 0. The maximum Gasteiger partial charge on any atom is 0.254 e. The third-order valence-electron chi connectivity index (χ3n) is 4.90. The van der Waals surface area contributed by atoms with Gasteiger partial charge in [-0.05, 0) is 51.3 Å². The average Bonchev–Trinajstić information content (AvgIpc) is 2.86. The van der Waals surface area contributed by atoms with Crippen LogP contribution >= 0.6 is 24.0 Å². The Hall–Kier alpha value is -1.17. The number of benzene rings is 1. The van der Waals surface area contributed by atoms with Gasteiger partial charge in [0.25, 0.3) is 5.91 Å². The predicted molar refractivity (Wildman–Crippen MR) is 106 cm³/mol. The van der Waals surface area contributed by atoms with Gasteiger partial charge in [-0.2, -0.15) is 0 Å². The highest BCUT2D eigenvalue weighted by Crippen LogP contribution is 2.38. The van der Waals surface area contributed by atoms with E-state index in [0.29, 0.717) is 41.3 Å². The number of fused-ring (bicyclic) bond motifs is 2. The van der Waals surface area contributed by atoms with E-state index in [9.17, 15) is 4.79 Å². The number of hydrogen-bond acceptors (Lipinski definition) is 4. The van der Waals surface area contributed by atoms with Crippen LogP contribution in [0.3, 0.4) is 0 Å². The molecule has 0 spiro atoms. The molecule has 2 saturated heterocycles. The lowest BCUT2D eigenvalue weighted by Crippen LogP contribution is -2.42. The van der Waals surface area contributed by atoms with Crippen LogP contribution in [0.15, 0.2) is 12.1 Å². The molecule has 2 heterocycles. The van der Waals surface area contributed by atoms with Gasteiger partial charge in [0.1, 0.15) is 0 Å². The van der Waals surface area contributed by atoms with Gasteiger partial charge in [0, 0.05) is 24.2 Å². The lowest BCUT2D eigenvalue weighted by molar-refractivity contribution is 0.0679. The molecule has 3 rings (SSSR count). The Morgan fingerprint density at radius 1 is 1.23 bits per heavy atom. The quantitative estimate of drug-likeness (QED) is 0.783. The van der Waals surface area contributed by atoms with Crippen LogP contribution in [0.25, 0.3) is 0 Å². The van der Waals surface area contributed by atoms with Crippen LogP contribution in [0.4, 0.5) is 0 Å². The number of rotatable bonds is 6. The molecule has 2 fully saturated rings. The molecule has 0 aromatic heterocycles. The molecular formula is C19H28Cl2N2O3. The Kier molecular flexibility index (Phi) is 7.86. The van der Waals surface area contributed by atoms with Gasteiger partial charge in [0.15, 0.2) is 11.5 Å². The zero-order valence-corrected chi connectivity index (χ0v) is 17.0. The van der Waals surface area contributed by atoms with Crippen molar-refractivity contribution in [3.63, 3.8) is 0 Å². The van der Waals surface area contributed by atoms with E-state index >= 15 is 0 Å². The molecule has 1 amide bonds. The summed E-state index contributed by atoms with van der Waals surface area (Å²) >= 11 is 6.42. The Balaban J connectivity index is 0.00000243. The third kappa shape index (κ3) is 4.38. The maximum absolute atomic E-state index is 13.2. The second-order valence-electron chi connectivity index (χ2n) is 6.66. The molecule has 26 heavy (non-hydrogen) atoms. The van der Waals surface area contributed by atoms with Crippen molar-refractivity contribution in [3.05, 3.63) is 22.7 Å². The monoisotopic (exact) mass is 402 g/mol. The average molecular weight is 403 g/mol. The summed E-state index contributed by atoms with van der Waals surface area (Å²) in [6.07, 6.45) is 4.04. The fourth-order valence-corrected chi connectivity index (χ4v) is 4.03. The predicted octanol–water partition coefficient (Wildman–Crippen LogP) is 3.92. The standard InChI is InChI=1S/C19H27ClN2O3.ClH/c1-3-9-25-18-16(20)10-13(11-17(18)24-4-2)19(23)22-14-5-6-15(22)12-21-8-7-14;/h10-11,14-15,21H,3-9,12H2,1-2H3;1H. The topological polar surface area (TPSA) is 50.8 Å². The van der Waals surface area contributed by atoms with Gasteiger partial charge >= 0.3 is 0 Å². The van der Waals surface area contributed by atoms with Gasteiger partial charge in [-0.15, -0.1) is 12.4 Å². The third-order valence-corrected chi connectivity index (χ3v) is 5.18. The molecule has 2 unspecified atom stereocenters. The van der Waals surface area contributed by atoms with Crippen LogP contribution < -0.4 is 14.8 Å². The Labute approximate surface area is 166 Å². The Morgan fingerprint density at radius 3 is 2.73 bits per heavy atom. The second-order valence-corrected chi connectivity index (χ2v) is 7.06. The van der Waals surface area contributed by atoms with Gasteiger partial charge in [0.05, 0.1) is 18.2 Å². The smallest absolute Gasteiger partial charge is 0.254 e. The first-order chi connectivity index (χ1) is 12.2.